The van der Waals surface area contributed by atoms with Crippen molar-refractivity contribution in [2.75, 3.05) is 0 Å². The van der Waals surface area contributed by atoms with Crippen LogP contribution >= 0.6 is 11.3 Å². The number of thiophene rings is 1. The molecular weight excluding hydrogens is 208 g/mol. The van der Waals surface area contributed by atoms with Gasteiger partial charge < -0.3 is 5.11 Å². The molecule has 2 rings (SSSR count). The molecule has 74 valence electrons. The molecule has 1 unspecified atom stereocenters. The van der Waals surface area contributed by atoms with Crippen molar-refractivity contribution < 1.29 is 5.11 Å². The molecule has 0 bridgehead atoms. The number of aliphatic hydroxyl groups excluding tert-OH is 1. The molecule has 1 atom stereocenters. The smallest absolute Gasteiger partial charge is 0.131 e. The Hall–Kier alpha value is -1.70. The van der Waals surface area contributed by atoms with Crippen molar-refractivity contribution in [1.82, 2.24) is 4.98 Å². The number of nitrogens with zero attached hydrogens (tertiary/aromatic N) is 2. The highest BCUT2D eigenvalue weighted by molar-refractivity contribution is 7.10. The molecule has 0 saturated carbocycles. The van der Waals surface area contributed by atoms with Gasteiger partial charge in [0.05, 0.1) is 16.1 Å². The Morgan fingerprint density at radius 2 is 2.27 bits per heavy atom. The number of aliphatic hydroxyl groups is 1. The third kappa shape index (κ3) is 1.89. The van der Waals surface area contributed by atoms with Gasteiger partial charge >= 0.3 is 0 Å². The zero-order chi connectivity index (χ0) is 10.7. The Balaban J connectivity index is 2.38. The second-order valence-electron chi connectivity index (χ2n) is 2.97. The van der Waals surface area contributed by atoms with Gasteiger partial charge in [0.1, 0.15) is 12.2 Å². The van der Waals surface area contributed by atoms with Crippen molar-refractivity contribution >= 4 is 11.3 Å². The highest BCUT2D eigenvalue weighted by Crippen LogP contribution is 2.27. The molecule has 0 fully saturated rings. The molecule has 0 aliphatic carbocycles. The third-order valence-electron chi connectivity index (χ3n) is 2.03. The predicted molar refractivity (Wildman–Crippen MR) is 57.3 cm³/mol. The first kappa shape index (κ1) is 9.84. The van der Waals surface area contributed by atoms with Crippen LogP contribution in [0.1, 0.15) is 22.2 Å². The van der Waals surface area contributed by atoms with Gasteiger partial charge in [-0.3, -0.25) is 4.98 Å². The average Bonchev–Trinajstić information content (AvgIpc) is 2.77. The van der Waals surface area contributed by atoms with Crippen LogP contribution in [0.2, 0.25) is 0 Å². The van der Waals surface area contributed by atoms with Crippen molar-refractivity contribution in [2.24, 2.45) is 0 Å². The fourth-order valence-corrected chi connectivity index (χ4v) is 2.14. The summed E-state index contributed by atoms with van der Waals surface area (Å²) in [6.07, 6.45) is 0.818. The van der Waals surface area contributed by atoms with E-state index in [9.17, 15) is 5.11 Å². The number of hydrogen-bond donors (Lipinski definition) is 1. The van der Waals surface area contributed by atoms with E-state index in [0.29, 0.717) is 16.1 Å². The quantitative estimate of drug-likeness (QED) is 0.836. The van der Waals surface area contributed by atoms with Crippen LogP contribution in [0.5, 0.6) is 0 Å². The van der Waals surface area contributed by atoms with Crippen LogP contribution in [0.25, 0.3) is 0 Å². The van der Waals surface area contributed by atoms with Crippen molar-refractivity contribution in [3.63, 3.8) is 0 Å². The zero-order valence-corrected chi connectivity index (χ0v) is 8.61. The lowest BCUT2D eigenvalue weighted by atomic mass is 10.1. The van der Waals surface area contributed by atoms with Crippen molar-refractivity contribution in [3.05, 3.63) is 52.0 Å². The molecular formula is C11H8N2OS. The van der Waals surface area contributed by atoms with Gasteiger partial charge in [-0.2, -0.15) is 5.26 Å². The molecule has 0 saturated heterocycles. The zero-order valence-electron chi connectivity index (χ0n) is 7.79. The maximum atomic E-state index is 9.99. The van der Waals surface area contributed by atoms with Crippen LogP contribution in [0, 0.1) is 11.3 Å². The summed E-state index contributed by atoms with van der Waals surface area (Å²) in [5, 5.41) is 20.6. The number of nitriles is 1. The van der Waals surface area contributed by atoms with Crippen LogP contribution in [0.15, 0.2) is 35.8 Å². The van der Waals surface area contributed by atoms with Crippen molar-refractivity contribution in [1.29, 1.82) is 5.26 Å². The Kier molecular flexibility index (Phi) is 2.77. The fourth-order valence-electron chi connectivity index (χ4n) is 1.30. The Labute approximate surface area is 91.3 Å². The predicted octanol–water partition coefficient (Wildman–Crippen LogP) is 2.10. The molecule has 2 aromatic rings. The normalized spacial score (nSPS) is 12.0. The summed E-state index contributed by atoms with van der Waals surface area (Å²) >= 11 is 1.36. The molecule has 0 spiro atoms. The SMILES string of the molecule is N#Cc1ccsc1C(O)c1ccccn1. The van der Waals surface area contributed by atoms with E-state index in [4.69, 9.17) is 5.26 Å². The monoisotopic (exact) mass is 216 g/mol. The van der Waals surface area contributed by atoms with Gasteiger partial charge in [0, 0.05) is 6.20 Å². The van der Waals surface area contributed by atoms with Crippen molar-refractivity contribution in [2.45, 2.75) is 6.10 Å². The lowest BCUT2D eigenvalue weighted by molar-refractivity contribution is 0.219. The summed E-state index contributed by atoms with van der Waals surface area (Å²) in [5.41, 5.74) is 1.08. The summed E-state index contributed by atoms with van der Waals surface area (Å²) in [4.78, 5) is 4.71. The van der Waals surface area contributed by atoms with Gasteiger partial charge in [-0.15, -0.1) is 11.3 Å². The third-order valence-corrected chi connectivity index (χ3v) is 3.00. The molecule has 15 heavy (non-hydrogen) atoms. The lowest BCUT2D eigenvalue weighted by Crippen LogP contribution is -2.01. The molecule has 0 aliphatic rings. The van der Waals surface area contributed by atoms with Gasteiger partial charge in [0.25, 0.3) is 0 Å². The van der Waals surface area contributed by atoms with E-state index in [-0.39, 0.29) is 0 Å². The molecule has 2 aromatic heterocycles. The van der Waals surface area contributed by atoms with E-state index in [1.165, 1.54) is 11.3 Å². The molecule has 4 heteroatoms. The second kappa shape index (κ2) is 4.22. The van der Waals surface area contributed by atoms with Crippen LogP contribution in [-0.2, 0) is 0 Å². The Morgan fingerprint density at radius 1 is 1.40 bits per heavy atom. The minimum absolute atomic E-state index is 0.512. The minimum atomic E-state index is -0.805. The first-order valence-electron chi connectivity index (χ1n) is 4.39. The second-order valence-corrected chi connectivity index (χ2v) is 3.92. The number of hydrogen-bond acceptors (Lipinski definition) is 4. The number of aromatic nitrogens is 1. The summed E-state index contributed by atoms with van der Waals surface area (Å²) in [6, 6.07) is 9.09. The highest BCUT2D eigenvalue weighted by atomic mass is 32.1. The van der Waals surface area contributed by atoms with Gasteiger partial charge in [0.2, 0.25) is 0 Å². The summed E-state index contributed by atoms with van der Waals surface area (Å²) in [7, 11) is 0. The highest BCUT2D eigenvalue weighted by Gasteiger charge is 2.16. The number of pyridine rings is 1. The standard InChI is InChI=1S/C11H8N2OS/c12-7-8-4-6-15-11(8)10(14)9-3-1-2-5-13-9/h1-6,10,14H. The molecule has 0 aromatic carbocycles. The number of rotatable bonds is 2. The summed E-state index contributed by atoms with van der Waals surface area (Å²) < 4.78 is 0. The molecule has 0 radical (unpaired) electrons. The molecule has 3 nitrogen and oxygen atoms in total. The molecule has 2 heterocycles. The fraction of sp³-hybridized carbons (Fsp3) is 0.0909. The lowest BCUT2D eigenvalue weighted by Gasteiger charge is -2.07. The van der Waals surface area contributed by atoms with E-state index in [1.54, 1.807) is 29.8 Å². The molecule has 0 aliphatic heterocycles. The molecule has 0 amide bonds. The largest absolute Gasteiger partial charge is 0.381 e. The Bertz CT molecular complexity index is 487. The van der Waals surface area contributed by atoms with Gasteiger partial charge in [0.15, 0.2) is 0 Å². The topological polar surface area (TPSA) is 56.9 Å². The molecule has 1 N–H and O–H groups in total. The van der Waals surface area contributed by atoms with E-state index in [1.807, 2.05) is 12.1 Å². The first-order valence-corrected chi connectivity index (χ1v) is 5.27. The van der Waals surface area contributed by atoms with Crippen LogP contribution < -0.4 is 0 Å². The summed E-state index contributed by atoms with van der Waals surface area (Å²) in [5.74, 6) is 0. The van der Waals surface area contributed by atoms with E-state index in [2.05, 4.69) is 4.98 Å². The van der Waals surface area contributed by atoms with Crippen molar-refractivity contribution in [3.8, 4) is 6.07 Å². The maximum Gasteiger partial charge on any atom is 0.131 e. The Morgan fingerprint density at radius 3 is 2.93 bits per heavy atom. The minimum Gasteiger partial charge on any atom is -0.381 e. The van der Waals surface area contributed by atoms with E-state index in [0.717, 1.165) is 0 Å². The van der Waals surface area contributed by atoms with Gasteiger partial charge in [-0.05, 0) is 23.6 Å². The van der Waals surface area contributed by atoms with E-state index >= 15 is 0 Å². The average molecular weight is 216 g/mol. The first-order chi connectivity index (χ1) is 7.33. The van der Waals surface area contributed by atoms with E-state index < -0.39 is 6.10 Å². The maximum absolute atomic E-state index is 9.99. The van der Waals surface area contributed by atoms with Gasteiger partial charge in [-0.25, -0.2) is 0 Å². The van der Waals surface area contributed by atoms with Gasteiger partial charge in [-0.1, -0.05) is 6.07 Å². The van der Waals surface area contributed by atoms with Crippen LogP contribution in [-0.4, -0.2) is 10.1 Å². The van der Waals surface area contributed by atoms with Crippen LogP contribution in [0.3, 0.4) is 0 Å². The summed E-state index contributed by atoms with van der Waals surface area (Å²) in [6.45, 7) is 0. The van der Waals surface area contributed by atoms with Crippen LogP contribution in [0.4, 0.5) is 0 Å².